The number of nitrogens with one attached hydrogen (secondary N) is 1. The zero-order chi connectivity index (χ0) is 9.64. The zero-order valence-electron chi connectivity index (χ0n) is 8.58. The first-order chi connectivity index (χ1) is 6.95. The SMILES string of the molecule is C1=COC(CNC2CCSCC2)CC1. The zero-order valence-corrected chi connectivity index (χ0v) is 9.39. The highest BCUT2D eigenvalue weighted by molar-refractivity contribution is 7.99. The fourth-order valence-corrected chi connectivity index (χ4v) is 3.04. The minimum absolute atomic E-state index is 0.412. The summed E-state index contributed by atoms with van der Waals surface area (Å²) in [4.78, 5) is 0. The molecule has 2 aliphatic rings. The van der Waals surface area contributed by atoms with Gasteiger partial charge in [-0.25, -0.2) is 0 Å². The summed E-state index contributed by atoms with van der Waals surface area (Å²) in [5, 5.41) is 3.62. The molecule has 0 bridgehead atoms. The van der Waals surface area contributed by atoms with E-state index in [1.807, 2.05) is 6.26 Å². The third-order valence-corrected chi connectivity index (χ3v) is 3.93. The van der Waals surface area contributed by atoms with Gasteiger partial charge in [-0.3, -0.25) is 0 Å². The van der Waals surface area contributed by atoms with Gasteiger partial charge in [0, 0.05) is 12.6 Å². The second-order valence-electron chi connectivity index (χ2n) is 4.00. The highest BCUT2D eigenvalue weighted by Gasteiger charge is 2.16. The number of rotatable bonds is 3. The highest BCUT2D eigenvalue weighted by atomic mass is 32.2. The summed E-state index contributed by atoms with van der Waals surface area (Å²) >= 11 is 2.08. The first-order valence-electron chi connectivity index (χ1n) is 5.57. The van der Waals surface area contributed by atoms with E-state index in [0.29, 0.717) is 6.10 Å². The lowest BCUT2D eigenvalue weighted by Gasteiger charge is -2.26. The van der Waals surface area contributed by atoms with Crippen LogP contribution < -0.4 is 5.32 Å². The van der Waals surface area contributed by atoms with E-state index in [9.17, 15) is 0 Å². The Kier molecular flexibility index (Phi) is 4.20. The standard InChI is InChI=1S/C11H19NOS/c1-2-6-13-11(3-1)9-12-10-4-7-14-8-5-10/h2,6,10-12H,1,3-5,7-9H2. The Morgan fingerprint density at radius 1 is 1.29 bits per heavy atom. The molecule has 0 aromatic heterocycles. The molecule has 1 unspecified atom stereocenters. The Bertz CT molecular complexity index is 190. The van der Waals surface area contributed by atoms with Crippen molar-refractivity contribution >= 4 is 11.8 Å². The van der Waals surface area contributed by atoms with Crippen LogP contribution in [0.25, 0.3) is 0 Å². The van der Waals surface area contributed by atoms with Crippen LogP contribution >= 0.6 is 11.8 Å². The first kappa shape index (κ1) is 10.4. The van der Waals surface area contributed by atoms with E-state index >= 15 is 0 Å². The summed E-state index contributed by atoms with van der Waals surface area (Å²) in [6, 6.07) is 0.741. The number of hydrogen-bond donors (Lipinski definition) is 1. The fourth-order valence-electron chi connectivity index (χ4n) is 1.93. The molecule has 0 aliphatic carbocycles. The number of hydrogen-bond acceptors (Lipinski definition) is 3. The number of ether oxygens (including phenoxy) is 1. The van der Waals surface area contributed by atoms with Crippen LogP contribution in [0.5, 0.6) is 0 Å². The van der Waals surface area contributed by atoms with E-state index < -0.39 is 0 Å². The normalized spacial score (nSPS) is 28.7. The van der Waals surface area contributed by atoms with Crippen LogP contribution in [0.4, 0.5) is 0 Å². The van der Waals surface area contributed by atoms with Gasteiger partial charge in [0.1, 0.15) is 6.10 Å². The van der Waals surface area contributed by atoms with Crippen LogP contribution in [0.15, 0.2) is 12.3 Å². The van der Waals surface area contributed by atoms with Crippen molar-refractivity contribution in [2.24, 2.45) is 0 Å². The quantitative estimate of drug-likeness (QED) is 0.776. The van der Waals surface area contributed by atoms with Crippen LogP contribution in [0, 0.1) is 0 Å². The van der Waals surface area contributed by atoms with Gasteiger partial charge in [-0.05, 0) is 43.3 Å². The summed E-state index contributed by atoms with van der Waals surface area (Å²) in [5.74, 6) is 2.65. The maximum atomic E-state index is 5.52. The molecule has 80 valence electrons. The Hall–Kier alpha value is -0.150. The van der Waals surface area contributed by atoms with Crippen LogP contribution in [0.2, 0.25) is 0 Å². The van der Waals surface area contributed by atoms with Gasteiger partial charge < -0.3 is 10.1 Å². The van der Waals surface area contributed by atoms with Crippen molar-refractivity contribution in [3.63, 3.8) is 0 Å². The molecule has 0 saturated carbocycles. The lowest BCUT2D eigenvalue weighted by molar-refractivity contribution is 0.118. The van der Waals surface area contributed by atoms with Crippen LogP contribution in [0.1, 0.15) is 25.7 Å². The van der Waals surface area contributed by atoms with Gasteiger partial charge in [0.05, 0.1) is 6.26 Å². The van der Waals surface area contributed by atoms with Crippen molar-refractivity contribution in [1.82, 2.24) is 5.32 Å². The summed E-state index contributed by atoms with van der Waals surface area (Å²) in [7, 11) is 0. The average Bonchev–Trinajstić information content (AvgIpc) is 2.29. The van der Waals surface area contributed by atoms with Crippen LogP contribution in [0.3, 0.4) is 0 Å². The summed E-state index contributed by atoms with van der Waals surface area (Å²) in [5.41, 5.74) is 0. The maximum absolute atomic E-state index is 5.52. The Labute approximate surface area is 90.5 Å². The minimum atomic E-state index is 0.412. The molecule has 1 fully saturated rings. The lowest BCUT2D eigenvalue weighted by Crippen LogP contribution is -2.38. The van der Waals surface area contributed by atoms with Crippen molar-refractivity contribution in [2.45, 2.75) is 37.8 Å². The largest absolute Gasteiger partial charge is 0.497 e. The van der Waals surface area contributed by atoms with Crippen LogP contribution in [-0.2, 0) is 4.74 Å². The Balaban J connectivity index is 1.63. The van der Waals surface area contributed by atoms with Crippen LogP contribution in [-0.4, -0.2) is 30.2 Å². The van der Waals surface area contributed by atoms with Gasteiger partial charge in [-0.2, -0.15) is 11.8 Å². The summed E-state index contributed by atoms with van der Waals surface area (Å²) in [6.45, 7) is 1.03. The average molecular weight is 213 g/mol. The topological polar surface area (TPSA) is 21.3 Å². The first-order valence-corrected chi connectivity index (χ1v) is 6.72. The highest BCUT2D eigenvalue weighted by Crippen LogP contribution is 2.17. The van der Waals surface area contributed by atoms with Crippen molar-refractivity contribution in [1.29, 1.82) is 0 Å². The molecule has 0 radical (unpaired) electrons. The Morgan fingerprint density at radius 3 is 2.86 bits per heavy atom. The van der Waals surface area contributed by atoms with Gasteiger partial charge in [0.25, 0.3) is 0 Å². The van der Waals surface area contributed by atoms with Gasteiger partial charge in [0.15, 0.2) is 0 Å². The molecular formula is C11H19NOS. The molecule has 0 spiro atoms. The van der Waals surface area contributed by atoms with Crippen molar-refractivity contribution < 1.29 is 4.74 Å². The summed E-state index contributed by atoms with van der Waals surface area (Å²) < 4.78 is 5.52. The second-order valence-corrected chi connectivity index (χ2v) is 5.23. The predicted molar refractivity (Wildman–Crippen MR) is 61.6 cm³/mol. The molecule has 1 atom stereocenters. The molecule has 1 N–H and O–H groups in total. The minimum Gasteiger partial charge on any atom is -0.497 e. The maximum Gasteiger partial charge on any atom is 0.110 e. The third-order valence-electron chi connectivity index (χ3n) is 2.88. The number of allylic oxidation sites excluding steroid dienone is 1. The van der Waals surface area contributed by atoms with Gasteiger partial charge in [0.2, 0.25) is 0 Å². The predicted octanol–water partition coefficient (Wildman–Crippen LogP) is 2.16. The molecule has 14 heavy (non-hydrogen) atoms. The molecule has 0 amide bonds. The van der Waals surface area contributed by atoms with E-state index in [-0.39, 0.29) is 0 Å². The van der Waals surface area contributed by atoms with E-state index in [0.717, 1.165) is 12.6 Å². The third kappa shape index (κ3) is 3.21. The molecule has 2 aliphatic heterocycles. The molecule has 1 saturated heterocycles. The molecule has 0 aromatic carbocycles. The molecule has 2 heterocycles. The van der Waals surface area contributed by atoms with Crippen molar-refractivity contribution in [2.75, 3.05) is 18.1 Å². The summed E-state index contributed by atoms with van der Waals surface area (Å²) in [6.07, 6.45) is 9.37. The molecule has 2 rings (SSSR count). The van der Waals surface area contributed by atoms with E-state index in [4.69, 9.17) is 4.74 Å². The van der Waals surface area contributed by atoms with E-state index in [2.05, 4.69) is 23.2 Å². The second kappa shape index (κ2) is 5.66. The molecule has 0 aromatic rings. The van der Waals surface area contributed by atoms with Crippen molar-refractivity contribution in [3.8, 4) is 0 Å². The van der Waals surface area contributed by atoms with E-state index in [1.54, 1.807) is 0 Å². The number of thioether (sulfide) groups is 1. The Morgan fingerprint density at radius 2 is 2.14 bits per heavy atom. The smallest absolute Gasteiger partial charge is 0.110 e. The molecule has 3 heteroatoms. The van der Waals surface area contributed by atoms with Gasteiger partial charge >= 0.3 is 0 Å². The van der Waals surface area contributed by atoms with Gasteiger partial charge in [-0.15, -0.1) is 0 Å². The van der Waals surface area contributed by atoms with E-state index in [1.165, 1.54) is 37.2 Å². The fraction of sp³-hybridized carbons (Fsp3) is 0.818. The lowest BCUT2D eigenvalue weighted by atomic mass is 10.1. The molecular weight excluding hydrogens is 194 g/mol. The van der Waals surface area contributed by atoms with Crippen molar-refractivity contribution in [3.05, 3.63) is 12.3 Å². The van der Waals surface area contributed by atoms with Gasteiger partial charge in [-0.1, -0.05) is 0 Å². The molecule has 2 nitrogen and oxygen atoms in total. The monoisotopic (exact) mass is 213 g/mol.